The summed E-state index contributed by atoms with van der Waals surface area (Å²) in [5.41, 5.74) is 1.26. The summed E-state index contributed by atoms with van der Waals surface area (Å²) in [6.45, 7) is 2.55. The molecule has 6 heteroatoms. The lowest BCUT2D eigenvalue weighted by molar-refractivity contribution is 0.101. The van der Waals surface area contributed by atoms with Gasteiger partial charge in [-0.3, -0.25) is 4.79 Å². The van der Waals surface area contributed by atoms with E-state index in [1.807, 2.05) is 18.2 Å². The third-order valence-electron chi connectivity index (χ3n) is 2.93. The molecule has 0 aliphatic rings. The first-order valence-electron chi connectivity index (χ1n) is 6.96. The second kappa shape index (κ2) is 7.78. The number of carbonyl (C=O) groups excluding carboxylic acids is 2. The van der Waals surface area contributed by atoms with E-state index in [4.69, 9.17) is 0 Å². The van der Waals surface area contributed by atoms with Gasteiger partial charge in [-0.05, 0) is 43.3 Å². The van der Waals surface area contributed by atoms with E-state index in [0.29, 0.717) is 24.3 Å². The fourth-order valence-corrected chi connectivity index (χ4v) is 1.80. The molecule has 0 unspecified atom stereocenters. The van der Waals surface area contributed by atoms with E-state index in [9.17, 15) is 9.59 Å². The van der Waals surface area contributed by atoms with Gasteiger partial charge in [0.05, 0.1) is 0 Å². The molecule has 0 radical (unpaired) electrons. The number of Topliss-reactive ketones (excluding diaryl/α,β-unsaturated/α-hetero) is 1. The summed E-state index contributed by atoms with van der Waals surface area (Å²) < 4.78 is 0. The van der Waals surface area contributed by atoms with Crippen molar-refractivity contribution in [3.05, 3.63) is 54.2 Å². The molecule has 1 aromatic heterocycles. The quantitative estimate of drug-likeness (QED) is 0.565. The predicted molar refractivity (Wildman–Crippen MR) is 86.2 cm³/mol. The molecule has 22 heavy (non-hydrogen) atoms. The van der Waals surface area contributed by atoms with Crippen molar-refractivity contribution in [3.8, 4) is 0 Å². The van der Waals surface area contributed by atoms with Crippen molar-refractivity contribution in [1.29, 1.82) is 0 Å². The maximum Gasteiger partial charge on any atom is 0.319 e. The second-order valence-corrected chi connectivity index (χ2v) is 4.66. The number of benzene rings is 1. The van der Waals surface area contributed by atoms with E-state index < -0.39 is 0 Å². The van der Waals surface area contributed by atoms with E-state index in [1.54, 1.807) is 30.5 Å². The molecule has 0 atom stereocenters. The Labute approximate surface area is 129 Å². The number of carbonyl (C=O) groups is 2. The van der Waals surface area contributed by atoms with Crippen LogP contribution in [0.1, 0.15) is 17.3 Å². The minimum Gasteiger partial charge on any atom is -0.368 e. The molecule has 0 saturated heterocycles. The van der Waals surface area contributed by atoms with Crippen LogP contribution < -0.4 is 16.0 Å². The number of amides is 2. The molecule has 0 fully saturated rings. The van der Waals surface area contributed by atoms with Crippen LogP contribution in [0.15, 0.2) is 48.7 Å². The van der Waals surface area contributed by atoms with Gasteiger partial charge in [-0.25, -0.2) is 9.78 Å². The highest BCUT2D eigenvalue weighted by Gasteiger charge is 2.02. The van der Waals surface area contributed by atoms with Crippen molar-refractivity contribution in [2.45, 2.75) is 6.92 Å². The smallest absolute Gasteiger partial charge is 0.319 e. The third-order valence-corrected chi connectivity index (χ3v) is 2.93. The standard InChI is InChI=1S/C16H18N4O2/c1-12(21)13-5-7-14(8-6-13)20-16(22)19-11-10-18-15-4-2-3-9-17-15/h2-9H,10-11H2,1H3,(H,17,18)(H2,19,20,22). The van der Waals surface area contributed by atoms with Crippen molar-refractivity contribution >= 4 is 23.3 Å². The van der Waals surface area contributed by atoms with Gasteiger partial charge in [0.15, 0.2) is 5.78 Å². The SMILES string of the molecule is CC(=O)c1ccc(NC(=O)NCCNc2ccccn2)cc1. The molecule has 1 heterocycles. The number of nitrogens with zero attached hydrogens (tertiary/aromatic N) is 1. The van der Waals surface area contributed by atoms with Gasteiger partial charge in [0, 0.05) is 30.5 Å². The fourth-order valence-electron chi connectivity index (χ4n) is 1.80. The minimum atomic E-state index is -0.293. The van der Waals surface area contributed by atoms with Crippen LogP contribution in [0.2, 0.25) is 0 Å². The van der Waals surface area contributed by atoms with Crippen LogP contribution in [0.5, 0.6) is 0 Å². The van der Waals surface area contributed by atoms with E-state index >= 15 is 0 Å². The topological polar surface area (TPSA) is 83.1 Å². The van der Waals surface area contributed by atoms with Crippen LogP contribution in [-0.2, 0) is 0 Å². The summed E-state index contributed by atoms with van der Waals surface area (Å²) in [5, 5.41) is 8.53. The normalized spacial score (nSPS) is 9.86. The van der Waals surface area contributed by atoms with E-state index in [-0.39, 0.29) is 11.8 Å². The highest BCUT2D eigenvalue weighted by molar-refractivity contribution is 5.95. The zero-order valence-corrected chi connectivity index (χ0v) is 12.3. The number of rotatable bonds is 6. The molecule has 3 N–H and O–H groups in total. The van der Waals surface area contributed by atoms with Crippen LogP contribution in [0.25, 0.3) is 0 Å². The zero-order valence-electron chi connectivity index (χ0n) is 12.3. The number of hydrogen-bond donors (Lipinski definition) is 3. The Bertz CT molecular complexity index is 626. The van der Waals surface area contributed by atoms with Crippen LogP contribution >= 0.6 is 0 Å². The first-order valence-corrected chi connectivity index (χ1v) is 6.96. The van der Waals surface area contributed by atoms with Gasteiger partial charge in [0.1, 0.15) is 5.82 Å². The van der Waals surface area contributed by atoms with Crippen LogP contribution in [0.4, 0.5) is 16.3 Å². The Morgan fingerprint density at radius 1 is 1.05 bits per heavy atom. The summed E-state index contributed by atoms with van der Waals surface area (Å²) >= 11 is 0. The fraction of sp³-hybridized carbons (Fsp3) is 0.188. The Kier molecular flexibility index (Phi) is 5.48. The number of hydrogen-bond acceptors (Lipinski definition) is 4. The molecule has 2 rings (SSSR count). The van der Waals surface area contributed by atoms with Gasteiger partial charge < -0.3 is 16.0 Å². The maximum atomic E-state index is 11.7. The van der Waals surface area contributed by atoms with Crippen molar-refractivity contribution in [2.75, 3.05) is 23.7 Å². The lowest BCUT2D eigenvalue weighted by atomic mass is 10.1. The van der Waals surface area contributed by atoms with Crippen molar-refractivity contribution in [3.63, 3.8) is 0 Å². The Morgan fingerprint density at radius 3 is 2.45 bits per heavy atom. The van der Waals surface area contributed by atoms with Gasteiger partial charge >= 0.3 is 6.03 Å². The van der Waals surface area contributed by atoms with E-state index in [2.05, 4.69) is 20.9 Å². The number of urea groups is 1. The molecule has 0 aliphatic heterocycles. The van der Waals surface area contributed by atoms with E-state index in [0.717, 1.165) is 5.82 Å². The van der Waals surface area contributed by atoms with Gasteiger partial charge in [-0.15, -0.1) is 0 Å². The van der Waals surface area contributed by atoms with Crippen molar-refractivity contribution in [1.82, 2.24) is 10.3 Å². The second-order valence-electron chi connectivity index (χ2n) is 4.66. The van der Waals surface area contributed by atoms with Gasteiger partial charge in [0.25, 0.3) is 0 Å². The minimum absolute atomic E-state index is 0.00315. The van der Waals surface area contributed by atoms with Crippen molar-refractivity contribution < 1.29 is 9.59 Å². The highest BCUT2D eigenvalue weighted by atomic mass is 16.2. The molecule has 2 amide bonds. The number of aromatic nitrogens is 1. The Morgan fingerprint density at radius 2 is 1.82 bits per heavy atom. The molecular weight excluding hydrogens is 280 g/mol. The molecule has 0 bridgehead atoms. The first kappa shape index (κ1) is 15.5. The molecule has 0 saturated carbocycles. The Hall–Kier alpha value is -2.89. The van der Waals surface area contributed by atoms with Gasteiger partial charge in [-0.1, -0.05) is 6.07 Å². The van der Waals surface area contributed by atoms with Crippen molar-refractivity contribution in [2.24, 2.45) is 0 Å². The average Bonchev–Trinajstić information content (AvgIpc) is 2.53. The first-order chi connectivity index (χ1) is 10.6. The van der Waals surface area contributed by atoms with Crippen LogP contribution in [-0.4, -0.2) is 29.9 Å². The molecule has 1 aromatic carbocycles. The summed E-state index contributed by atoms with van der Waals surface area (Å²) in [7, 11) is 0. The summed E-state index contributed by atoms with van der Waals surface area (Å²) in [5.74, 6) is 0.765. The number of ketones is 1. The molecular formula is C16H18N4O2. The number of anilines is 2. The molecule has 6 nitrogen and oxygen atoms in total. The molecule has 2 aromatic rings. The molecule has 0 aliphatic carbocycles. The van der Waals surface area contributed by atoms with Crippen LogP contribution in [0.3, 0.4) is 0 Å². The maximum absolute atomic E-state index is 11.7. The largest absolute Gasteiger partial charge is 0.368 e. The molecule has 0 spiro atoms. The summed E-state index contributed by atoms with van der Waals surface area (Å²) in [4.78, 5) is 27.0. The number of nitrogens with one attached hydrogen (secondary N) is 3. The van der Waals surface area contributed by atoms with Gasteiger partial charge in [-0.2, -0.15) is 0 Å². The summed E-state index contributed by atoms with van der Waals surface area (Å²) in [6.07, 6.45) is 1.70. The monoisotopic (exact) mass is 298 g/mol. The average molecular weight is 298 g/mol. The Balaban J connectivity index is 1.70. The lowest BCUT2D eigenvalue weighted by Crippen LogP contribution is -2.32. The number of pyridine rings is 1. The lowest BCUT2D eigenvalue weighted by Gasteiger charge is -2.09. The third kappa shape index (κ3) is 4.90. The van der Waals surface area contributed by atoms with Gasteiger partial charge in [0.2, 0.25) is 0 Å². The zero-order chi connectivity index (χ0) is 15.8. The van der Waals surface area contributed by atoms with Crippen LogP contribution in [0, 0.1) is 0 Å². The highest BCUT2D eigenvalue weighted by Crippen LogP contribution is 2.09. The summed E-state index contributed by atoms with van der Waals surface area (Å²) in [6, 6.07) is 12.1. The predicted octanol–water partition coefficient (Wildman–Crippen LogP) is 2.52. The molecule has 114 valence electrons. The van der Waals surface area contributed by atoms with E-state index in [1.165, 1.54) is 6.92 Å².